The quantitative estimate of drug-likeness (QED) is 0.630. The van der Waals surface area contributed by atoms with E-state index in [4.69, 9.17) is 0 Å². The number of ketones is 1. The number of hydrogen-bond donors (Lipinski definition) is 0. The summed E-state index contributed by atoms with van der Waals surface area (Å²) in [7, 11) is 0. The van der Waals surface area contributed by atoms with Gasteiger partial charge in [-0.15, -0.1) is 0 Å². The molecule has 0 aliphatic carbocycles. The van der Waals surface area contributed by atoms with E-state index < -0.39 is 0 Å². The van der Waals surface area contributed by atoms with Gasteiger partial charge in [0.15, 0.2) is 5.78 Å². The summed E-state index contributed by atoms with van der Waals surface area (Å²) in [5, 5.41) is 3.99. The minimum Gasteiger partial charge on any atom is -0.294 e. The Kier molecular flexibility index (Phi) is 3.05. The van der Waals surface area contributed by atoms with Crippen LogP contribution in [0.2, 0.25) is 0 Å². The van der Waals surface area contributed by atoms with Gasteiger partial charge in [0.05, 0.1) is 0 Å². The van der Waals surface area contributed by atoms with Crippen molar-refractivity contribution in [2.24, 2.45) is 0 Å². The maximum absolute atomic E-state index is 11.0. The van der Waals surface area contributed by atoms with E-state index in [0.29, 0.717) is 6.42 Å². The van der Waals surface area contributed by atoms with Crippen LogP contribution >= 0.6 is 11.3 Å². The lowest BCUT2D eigenvalue weighted by molar-refractivity contribution is -0.114. The van der Waals surface area contributed by atoms with Crippen molar-refractivity contribution in [1.29, 1.82) is 0 Å². The number of hydrogen-bond acceptors (Lipinski definition) is 2. The number of allylic oxidation sites excluding steroid dienone is 2. The van der Waals surface area contributed by atoms with Crippen LogP contribution in [0.1, 0.15) is 12.5 Å². The lowest BCUT2D eigenvalue weighted by Crippen LogP contribution is -1.95. The van der Waals surface area contributed by atoms with Crippen LogP contribution in [0.25, 0.3) is 0 Å². The third kappa shape index (κ3) is 2.68. The lowest BCUT2D eigenvalue weighted by Gasteiger charge is -1.89. The smallest absolute Gasteiger partial charge is 0.159 e. The third-order valence-corrected chi connectivity index (χ3v) is 2.04. The fraction of sp³-hybridized carbons (Fsp3) is 0.222. The molecule has 0 saturated carbocycles. The van der Waals surface area contributed by atoms with E-state index in [1.54, 1.807) is 23.5 Å². The van der Waals surface area contributed by atoms with E-state index >= 15 is 0 Å². The van der Waals surface area contributed by atoms with Crippen molar-refractivity contribution in [2.45, 2.75) is 13.3 Å². The van der Waals surface area contributed by atoms with Crippen molar-refractivity contribution in [3.05, 3.63) is 34.5 Å². The number of rotatable bonds is 3. The van der Waals surface area contributed by atoms with Gasteiger partial charge in [0.1, 0.15) is 0 Å². The Morgan fingerprint density at radius 1 is 1.73 bits per heavy atom. The van der Waals surface area contributed by atoms with Gasteiger partial charge in [-0.25, -0.2) is 0 Å². The summed E-state index contributed by atoms with van der Waals surface area (Å²) in [6.45, 7) is 1.85. The van der Waals surface area contributed by atoms with Crippen LogP contribution in [-0.2, 0) is 11.2 Å². The van der Waals surface area contributed by atoms with Crippen LogP contribution in [0.3, 0.4) is 0 Å². The molecule has 0 aliphatic rings. The second-order valence-electron chi connectivity index (χ2n) is 2.27. The zero-order chi connectivity index (χ0) is 8.10. The van der Waals surface area contributed by atoms with Gasteiger partial charge in [-0.1, -0.05) is 6.08 Å². The molecule has 0 radical (unpaired) electrons. The summed E-state index contributed by atoms with van der Waals surface area (Å²) in [4.78, 5) is 11.0. The van der Waals surface area contributed by atoms with Crippen LogP contribution in [0.4, 0.5) is 0 Å². The van der Waals surface area contributed by atoms with Gasteiger partial charge in [0, 0.05) is 6.42 Å². The molecule has 1 aromatic rings. The van der Waals surface area contributed by atoms with Crippen LogP contribution in [-0.4, -0.2) is 5.78 Å². The number of carbonyl (C=O) groups is 1. The highest BCUT2D eigenvalue weighted by atomic mass is 32.1. The Morgan fingerprint density at radius 3 is 3.09 bits per heavy atom. The SMILES string of the molecule is CC=CC(=O)Cc1ccsc1. The highest BCUT2D eigenvalue weighted by molar-refractivity contribution is 7.07. The predicted molar refractivity (Wildman–Crippen MR) is 47.8 cm³/mol. The Labute approximate surface area is 70.4 Å². The normalized spacial score (nSPS) is 10.6. The van der Waals surface area contributed by atoms with Crippen molar-refractivity contribution < 1.29 is 4.79 Å². The van der Waals surface area contributed by atoms with E-state index in [0.717, 1.165) is 5.56 Å². The fourth-order valence-electron chi connectivity index (χ4n) is 0.839. The molecule has 0 unspecified atom stereocenters. The van der Waals surface area contributed by atoms with Gasteiger partial charge >= 0.3 is 0 Å². The van der Waals surface area contributed by atoms with Gasteiger partial charge < -0.3 is 0 Å². The molecule has 0 aromatic carbocycles. The van der Waals surface area contributed by atoms with Crippen molar-refractivity contribution >= 4 is 17.1 Å². The first-order valence-electron chi connectivity index (χ1n) is 3.49. The summed E-state index contributed by atoms with van der Waals surface area (Å²) in [5.41, 5.74) is 1.11. The number of carbonyl (C=O) groups excluding carboxylic acids is 1. The Bertz CT molecular complexity index is 247. The highest BCUT2D eigenvalue weighted by Gasteiger charge is 1.97. The molecule has 0 atom stereocenters. The van der Waals surface area contributed by atoms with Crippen LogP contribution in [0.5, 0.6) is 0 Å². The molecule has 1 nitrogen and oxygen atoms in total. The Morgan fingerprint density at radius 2 is 2.55 bits per heavy atom. The van der Waals surface area contributed by atoms with Gasteiger partial charge in [0.2, 0.25) is 0 Å². The molecule has 0 N–H and O–H groups in total. The molecule has 0 aliphatic heterocycles. The van der Waals surface area contributed by atoms with E-state index in [1.165, 1.54) is 0 Å². The van der Waals surface area contributed by atoms with E-state index in [-0.39, 0.29) is 5.78 Å². The summed E-state index contributed by atoms with van der Waals surface area (Å²) < 4.78 is 0. The molecule has 0 saturated heterocycles. The maximum Gasteiger partial charge on any atom is 0.159 e. The maximum atomic E-state index is 11.0. The van der Waals surface area contributed by atoms with Gasteiger partial charge in [0.25, 0.3) is 0 Å². The van der Waals surface area contributed by atoms with Gasteiger partial charge in [-0.3, -0.25) is 4.79 Å². The molecule has 1 heterocycles. The van der Waals surface area contributed by atoms with Gasteiger partial charge in [-0.2, -0.15) is 11.3 Å². The van der Waals surface area contributed by atoms with Crippen LogP contribution in [0.15, 0.2) is 29.0 Å². The summed E-state index contributed by atoms with van der Waals surface area (Å²) >= 11 is 1.62. The minimum atomic E-state index is 0.172. The molecule has 11 heavy (non-hydrogen) atoms. The van der Waals surface area contributed by atoms with Crippen molar-refractivity contribution in [3.63, 3.8) is 0 Å². The number of thiophene rings is 1. The molecular weight excluding hydrogens is 156 g/mol. The summed E-state index contributed by atoms with van der Waals surface area (Å²) in [6, 6.07) is 1.98. The molecule has 0 fully saturated rings. The summed E-state index contributed by atoms with van der Waals surface area (Å²) in [6.07, 6.45) is 3.92. The second-order valence-corrected chi connectivity index (χ2v) is 3.05. The lowest BCUT2D eigenvalue weighted by atomic mass is 10.2. The molecule has 0 spiro atoms. The molecular formula is C9H10OS. The van der Waals surface area contributed by atoms with Crippen molar-refractivity contribution in [3.8, 4) is 0 Å². The standard InChI is InChI=1S/C9H10OS/c1-2-3-9(10)6-8-4-5-11-7-8/h2-5,7H,6H2,1H3. The molecule has 1 aromatic heterocycles. The Balaban J connectivity index is 2.50. The first-order chi connectivity index (χ1) is 5.33. The molecule has 58 valence electrons. The predicted octanol–water partition coefficient (Wildman–Crippen LogP) is 2.44. The van der Waals surface area contributed by atoms with E-state index in [2.05, 4.69) is 0 Å². The van der Waals surface area contributed by atoms with E-state index in [1.807, 2.05) is 23.8 Å². The van der Waals surface area contributed by atoms with Gasteiger partial charge in [-0.05, 0) is 35.4 Å². The summed E-state index contributed by atoms with van der Waals surface area (Å²) in [5.74, 6) is 0.172. The van der Waals surface area contributed by atoms with Crippen molar-refractivity contribution in [1.82, 2.24) is 0 Å². The topological polar surface area (TPSA) is 17.1 Å². The average Bonchev–Trinajstić information content (AvgIpc) is 2.40. The minimum absolute atomic E-state index is 0.172. The van der Waals surface area contributed by atoms with Crippen LogP contribution < -0.4 is 0 Å². The third-order valence-electron chi connectivity index (χ3n) is 1.31. The largest absolute Gasteiger partial charge is 0.294 e. The highest BCUT2D eigenvalue weighted by Crippen LogP contribution is 2.06. The molecule has 2 heteroatoms. The first kappa shape index (κ1) is 8.21. The fourth-order valence-corrected chi connectivity index (χ4v) is 1.51. The molecule has 0 bridgehead atoms. The Hall–Kier alpha value is -0.890. The zero-order valence-electron chi connectivity index (χ0n) is 6.41. The molecule has 1 rings (SSSR count). The molecule has 0 amide bonds. The average molecular weight is 166 g/mol. The first-order valence-corrected chi connectivity index (χ1v) is 4.44. The van der Waals surface area contributed by atoms with E-state index in [9.17, 15) is 4.79 Å². The monoisotopic (exact) mass is 166 g/mol. The van der Waals surface area contributed by atoms with Crippen molar-refractivity contribution in [2.75, 3.05) is 0 Å². The second kappa shape index (κ2) is 4.09. The van der Waals surface area contributed by atoms with Crippen LogP contribution in [0, 0.1) is 0 Å². The zero-order valence-corrected chi connectivity index (χ0v) is 7.23.